The van der Waals surface area contributed by atoms with Crippen LogP contribution in [-0.4, -0.2) is 13.0 Å². The van der Waals surface area contributed by atoms with Gasteiger partial charge in [-0.05, 0) is 23.6 Å². The van der Waals surface area contributed by atoms with Gasteiger partial charge in [-0.3, -0.25) is 4.79 Å². The molecule has 27 heavy (non-hydrogen) atoms. The van der Waals surface area contributed by atoms with Gasteiger partial charge in [0.05, 0.1) is 12.8 Å². The Kier molecular flexibility index (Phi) is 5.05. The number of amides is 1. The molecule has 1 amide bonds. The summed E-state index contributed by atoms with van der Waals surface area (Å²) >= 11 is 7.90. The molecule has 0 bridgehead atoms. The standard InChI is InChI=1S/C21H18ClNO3S/c1-25-18-8-4-6-14(15-11-19(24)23-17-9-10-27-21(15)17)20(18)26-12-13-5-2-3-7-16(13)22/h2-10,15H,11-12H2,1H3,(H,23,24). The number of halogens is 1. The largest absolute Gasteiger partial charge is 0.493 e. The molecule has 1 atom stereocenters. The molecule has 1 unspecified atom stereocenters. The van der Waals surface area contributed by atoms with Crippen LogP contribution in [0.4, 0.5) is 5.69 Å². The molecule has 0 aliphatic carbocycles. The summed E-state index contributed by atoms with van der Waals surface area (Å²) in [4.78, 5) is 13.3. The number of para-hydroxylation sites is 1. The third-order valence-corrected chi connectivity index (χ3v) is 6.01. The minimum absolute atomic E-state index is 0.00535. The maximum absolute atomic E-state index is 12.2. The van der Waals surface area contributed by atoms with Crippen molar-refractivity contribution in [2.45, 2.75) is 18.9 Å². The van der Waals surface area contributed by atoms with Gasteiger partial charge < -0.3 is 14.8 Å². The predicted molar refractivity (Wildman–Crippen MR) is 108 cm³/mol. The predicted octanol–water partition coefficient (Wildman–Crippen LogP) is 5.46. The molecule has 1 N–H and O–H groups in total. The van der Waals surface area contributed by atoms with Crippen LogP contribution >= 0.6 is 22.9 Å². The van der Waals surface area contributed by atoms with Gasteiger partial charge in [0.2, 0.25) is 5.91 Å². The van der Waals surface area contributed by atoms with Crippen molar-refractivity contribution in [2.75, 3.05) is 12.4 Å². The number of methoxy groups -OCH3 is 1. The summed E-state index contributed by atoms with van der Waals surface area (Å²) < 4.78 is 11.7. The van der Waals surface area contributed by atoms with Crippen molar-refractivity contribution < 1.29 is 14.3 Å². The monoisotopic (exact) mass is 399 g/mol. The van der Waals surface area contributed by atoms with Gasteiger partial charge in [-0.1, -0.05) is 41.9 Å². The van der Waals surface area contributed by atoms with Gasteiger partial charge in [0.25, 0.3) is 0 Å². The second kappa shape index (κ2) is 7.62. The Morgan fingerprint density at radius 1 is 1.19 bits per heavy atom. The molecule has 0 saturated heterocycles. The van der Waals surface area contributed by atoms with Gasteiger partial charge in [-0.15, -0.1) is 11.3 Å². The zero-order valence-corrected chi connectivity index (χ0v) is 16.3. The van der Waals surface area contributed by atoms with E-state index in [1.165, 1.54) is 0 Å². The average Bonchev–Trinajstić information content (AvgIpc) is 3.15. The van der Waals surface area contributed by atoms with Crippen LogP contribution in [0.1, 0.15) is 28.3 Å². The van der Waals surface area contributed by atoms with Gasteiger partial charge in [0, 0.05) is 33.4 Å². The van der Waals surface area contributed by atoms with Crippen LogP contribution in [0.3, 0.4) is 0 Å². The number of anilines is 1. The number of thiophene rings is 1. The molecule has 4 nitrogen and oxygen atoms in total. The Bertz CT molecular complexity index is 985. The molecule has 6 heteroatoms. The summed E-state index contributed by atoms with van der Waals surface area (Å²) in [6.07, 6.45) is 0.378. The smallest absolute Gasteiger partial charge is 0.225 e. The zero-order valence-electron chi connectivity index (χ0n) is 14.7. The molecule has 0 saturated carbocycles. The number of carbonyl (C=O) groups is 1. The van der Waals surface area contributed by atoms with E-state index in [0.717, 1.165) is 21.7 Å². The van der Waals surface area contributed by atoms with Crippen molar-refractivity contribution in [1.29, 1.82) is 0 Å². The molecule has 0 fully saturated rings. The van der Waals surface area contributed by atoms with E-state index in [1.54, 1.807) is 18.4 Å². The van der Waals surface area contributed by atoms with Crippen LogP contribution in [0, 0.1) is 0 Å². The van der Waals surface area contributed by atoms with E-state index in [4.69, 9.17) is 21.1 Å². The van der Waals surface area contributed by atoms with Crippen molar-refractivity contribution in [3.8, 4) is 11.5 Å². The lowest BCUT2D eigenvalue weighted by atomic mass is 9.89. The molecular weight excluding hydrogens is 382 g/mol. The second-order valence-electron chi connectivity index (χ2n) is 6.26. The Morgan fingerprint density at radius 2 is 2.04 bits per heavy atom. The van der Waals surface area contributed by atoms with Crippen LogP contribution in [0.5, 0.6) is 11.5 Å². The second-order valence-corrected chi connectivity index (χ2v) is 7.62. The molecule has 138 valence electrons. The highest BCUT2D eigenvalue weighted by Crippen LogP contribution is 2.46. The summed E-state index contributed by atoms with van der Waals surface area (Å²) in [6, 6.07) is 15.3. The van der Waals surface area contributed by atoms with Gasteiger partial charge in [0.1, 0.15) is 6.61 Å². The SMILES string of the molecule is COc1cccc(C2CC(=O)Nc3ccsc32)c1OCc1ccccc1Cl. The third kappa shape index (κ3) is 3.53. The number of hydrogen-bond acceptors (Lipinski definition) is 4. The first-order valence-electron chi connectivity index (χ1n) is 8.57. The topological polar surface area (TPSA) is 47.6 Å². The molecule has 0 radical (unpaired) electrons. The van der Waals surface area contributed by atoms with Crippen molar-refractivity contribution in [1.82, 2.24) is 0 Å². The molecule has 3 aromatic rings. The van der Waals surface area contributed by atoms with Crippen LogP contribution in [0.15, 0.2) is 53.9 Å². The first-order chi connectivity index (χ1) is 13.2. The van der Waals surface area contributed by atoms with Crippen molar-refractivity contribution in [3.63, 3.8) is 0 Å². The lowest BCUT2D eigenvalue weighted by molar-refractivity contribution is -0.116. The lowest BCUT2D eigenvalue weighted by Crippen LogP contribution is -2.22. The van der Waals surface area contributed by atoms with E-state index in [2.05, 4.69) is 5.32 Å². The molecule has 1 aromatic heterocycles. The fourth-order valence-electron chi connectivity index (χ4n) is 3.31. The molecule has 4 rings (SSSR count). The molecule has 1 aliphatic heterocycles. The number of rotatable bonds is 5. The van der Waals surface area contributed by atoms with Crippen molar-refractivity contribution in [3.05, 3.63) is 74.9 Å². The molecule has 0 spiro atoms. The first-order valence-corrected chi connectivity index (χ1v) is 9.83. The van der Waals surface area contributed by atoms with Gasteiger partial charge in [-0.25, -0.2) is 0 Å². The lowest BCUT2D eigenvalue weighted by Gasteiger charge is -2.25. The molecule has 2 aromatic carbocycles. The molecule has 2 heterocycles. The molecule has 1 aliphatic rings. The number of carbonyl (C=O) groups excluding carboxylic acids is 1. The molecular formula is C21H18ClNO3S. The summed E-state index contributed by atoms with van der Waals surface area (Å²) in [7, 11) is 1.62. The van der Waals surface area contributed by atoms with E-state index in [1.807, 2.05) is 53.9 Å². The minimum Gasteiger partial charge on any atom is -0.493 e. The first kappa shape index (κ1) is 17.9. The number of fused-ring (bicyclic) bond motifs is 1. The van der Waals surface area contributed by atoms with E-state index >= 15 is 0 Å². The van der Waals surface area contributed by atoms with Gasteiger partial charge >= 0.3 is 0 Å². The summed E-state index contributed by atoms with van der Waals surface area (Å²) in [5.74, 6) is 1.23. The van der Waals surface area contributed by atoms with Crippen LogP contribution in [0.2, 0.25) is 5.02 Å². The Hall–Kier alpha value is -2.50. The highest BCUT2D eigenvalue weighted by molar-refractivity contribution is 7.10. The fourth-order valence-corrected chi connectivity index (χ4v) is 4.47. The van der Waals surface area contributed by atoms with E-state index in [9.17, 15) is 4.79 Å². The maximum atomic E-state index is 12.2. The zero-order chi connectivity index (χ0) is 18.8. The average molecular weight is 400 g/mol. The van der Waals surface area contributed by atoms with E-state index in [0.29, 0.717) is 29.5 Å². The van der Waals surface area contributed by atoms with E-state index < -0.39 is 0 Å². The highest BCUT2D eigenvalue weighted by Gasteiger charge is 2.30. The van der Waals surface area contributed by atoms with Gasteiger partial charge in [0.15, 0.2) is 11.5 Å². The summed E-state index contributed by atoms with van der Waals surface area (Å²) in [5, 5.41) is 5.59. The summed E-state index contributed by atoms with van der Waals surface area (Å²) in [5.41, 5.74) is 2.72. The van der Waals surface area contributed by atoms with Crippen LogP contribution in [0.25, 0.3) is 0 Å². The van der Waals surface area contributed by atoms with Crippen molar-refractivity contribution in [2.24, 2.45) is 0 Å². The van der Waals surface area contributed by atoms with Crippen LogP contribution in [-0.2, 0) is 11.4 Å². The number of ether oxygens (including phenoxy) is 2. The number of benzene rings is 2. The Morgan fingerprint density at radius 3 is 2.85 bits per heavy atom. The Balaban J connectivity index is 1.72. The Labute approximate surface area is 166 Å². The van der Waals surface area contributed by atoms with Gasteiger partial charge in [-0.2, -0.15) is 0 Å². The van der Waals surface area contributed by atoms with E-state index in [-0.39, 0.29) is 11.8 Å². The maximum Gasteiger partial charge on any atom is 0.225 e. The normalized spacial score (nSPS) is 15.8. The minimum atomic E-state index is -0.0647. The number of nitrogens with one attached hydrogen (secondary N) is 1. The fraction of sp³-hybridized carbons (Fsp3) is 0.190. The van der Waals surface area contributed by atoms with Crippen molar-refractivity contribution >= 4 is 34.5 Å². The third-order valence-electron chi connectivity index (χ3n) is 4.61. The quantitative estimate of drug-likeness (QED) is 0.619. The number of hydrogen-bond donors (Lipinski definition) is 1. The highest BCUT2D eigenvalue weighted by atomic mass is 35.5. The van der Waals surface area contributed by atoms with Crippen LogP contribution < -0.4 is 14.8 Å². The summed E-state index contributed by atoms with van der Waals surface area (Å²) in [6.45, 7) is 0.323.